The molecule has 1 unspecified atom stereocenters. The van der Waals surface area contributed by atoms with Crippen molar-refractivity contribution in [3.8, 4) is 17.2 Å². The Balaban J connectivity index is 1.17. The number of halogens is 2. The Labute approximate surface area is 289 Å². The maximum Gasteiger partial charge on any atom is 0.308 e. The number of hydrogen-bond acceptors (Lipinski definition) is 8. The Morgan fingerprint density at radius 3 is 2.31 bits per heavy atom. The SMILES string of the molecule is COc1cc(C(=O)N2CCC(CCN3CCC(C(=O)c4nc5ccccc5[nH]4)CC3)(c3ccc(Cl)c(Cl)c3)C2)cc(OC)c1OC(C)=O. The zero-order valence-electron chi connectivity index (χ0n) is 27.2. The van der Waals surface area contributed by atoms with Crippen LogP contribution in [0.1, 0.15) is 59.1 Å². The number of para-hydroxylation sites is 2. The fourth-order valence-corrected chi connectivity index (χ4v) is 7.24. The van der Waals surface area contributed by atoms with E-state index in [1.165, 1.54) is 21.1 Å². The van der Waals surface area contributed by atoms with E-state index in [2.05, 4.69) is 14.9 Å². The number of methoxy groups -OCH3 is 2. The number of imidazole rings is 1. The number of H-pyrrole nitrogens is 1. The summed E-state index contributed by atoms with van der Waals surface area (Å²) in [6.07, 6.45) is 3.03. The smallest absolute Gasteiger partial charge is 0.308 e. The van der Waals surface area contributed by atoms with Crippen LogP contribution in [0.4, 0.5) is 0 Å². The highest BCUT2D eigenvalue weighted by molar-refractivity contribution is 6.42. The van der Waals surface area contributed by atoms with Crippen molar-refractivity contribution in [1.82, 2.24) is 19.8 Å². The highest BCUT2D eigenvalue weighted by Crippen LogP contribution is 2.43. The average Bonchev–Trinajstić information content (AvgIpc) is 3.74. The van der Waals surface area contributed by atoms with Crippen LogP contribution in [0.25, 0.3) is 11.0 Å². The number of aromatic amines is 1. The Hall–Kier alpha value is -4.12. The Morgan fingerprint density at radius 2 is 1.67 bits per heavy atom. The molecular weight excluding hydrogens is 655 g/mol. The molecule has 0 spiro atoms. The van der Waals surface area contributed by atoms with Crippen molar-refractivity contribution in [2.75, 3.05) is 46.9 Å². The lowest BCUT2D eigenvalue weighted by atomic mass is 9.76. The van der Waals surface area contributed by atoms with Crippen LogP contribution in [0.5, 0.6) is 17.2 Å². The van der Waals surface area contributed by atoms with E-state index < -0.39 is 5.97 Å². The van der Waals surface area contributed by atoms with Crippen LogP contribution >= 0.6 is 23.2 Å². The van der Waals surface area contributed by atoms with Gasteiger partial charge in [0.25, 0.3) is 5.91 Å². The first-order valence-electron chi connectivity index (χ1n) is 16.0. The summed E-state index contributed by atoms with van der Waals surface area (Å²) in [5.74, 6) is 0.282. The van der Waals surface area contributed by atoms with Crippen LogP contribution in [0, 0.1) is 5.92 Å². The monoisotopic (exact) mass is 692 g/mol. The van der Waals surface area contributed by atoms with Gasteiger partial charge in [0.05, 0.1) is 35.3 Å². The van der Waals surface area contributed by atoms with Crippen molar-refractivity contribution in [2.24, 2.45) is 5.92 Å². The first-order chi connectivity index (χ1) is 23.1. The first-order valence-corrected chi connectivity index (χ1v) is 16.8. The summed E-state index contributed by atoms with van der Waals surface area (Å²) in [5.41, 5.74) is 2.69. The molecule has 48 heavy (non-hydrogen) atoms. The zero-order valence-corrected chi connectivity index (χ0v) is 28.7. The number of aromatic nitrogens is 2. The van der Waals surface area contributed by atoms with E-state index in [1.54, 1.807) is 12.1 Å². The van der Waals surface area contributed by atoms with Gasteiger partial charge in [-0.05, 0) is 87.3 Å². The molecule has 0 aliphatic carbocycles. The number of Topliss-reactive ketones (excluding diaryl/α,β-unsaturated/α-hetero) is 1. The van der Waals surface area contributed by atoms with E-state index in [0.29, 0.717) is 34.5 Å². The minimum absolute atomic E-state index is 0.0669. The molecule has 2 aliphatic rings. The summed E-state index contributed by atoms with van der Waals surface area (Å²) in [7, 11) is 2.89. The van der Waals surface area contributed by atoms with E-state index in [1.807, 2.05) is 47.4 Å². The molecule has 3 aromatic carbocycles. The number of hydrogen-bond donors (Lipinski definition) is 1. The molecule has 2 fully saturated rings. The topological polar surface area (TPSA) is 114 Å². The number of ether oxygens (including phenoxy) is 3. The van der Waals surface area contributed by atoms with Gasteiger partial charge < -0.3 is 29.0 Å². The van der Waals surface area contributed by atoms with Crippen LogP contribution in [0.3, 0.4) is 0 Å². The molecule has 2 aliphatic heterocycles. The number of esters is 1. The lowest BCUT2D eigenvalue weighted by Crippen LogP contribution is -2.41. The van der Waals surface area contributed by atoms with Crippen molar-refractivity contribution in [1.29, 1.82) is 0 Å². The summed E-state index contributed by atoms with van der Waals surface area (Å²) in [5, 5.41) is 0.948. The predicted octanol–water partition coefficient (Wildman–Crippen LogP) is 6.58. The third kappa shape index (κ3) is 6.88. The number of carbonyl (C=O) groups is 3. The van der Waals surface area contributed by atoms with Crippen molar-refractivity contribution < 1.29 is 28.6 Å². The van der Waals surface area contributed by atoms with E-state index in [4.69, 9.17) is 37.4 Å². The normalized spacial score (nSPS) is 18.6. The number of nitrogens with zero attached hydrogens (tertiary/aromatic N) is 3. The standard InChI is InChI=1S/C36H38Cl2N4O6/c1-22(43)48-33-30(46-2)18-24(19-31(33)47-3)35(45)42-17-13-36(21-42,25-8-9-26(37)27(38)20-25)12-16-41-14-10-23(11-15-41)32(44)34-39-28-6-4-5-7-29(28)40-34/h4-9,18-20,23H,10-17,21H2,1-3H3,(H,39,40). The summed E-state index contributed by atoms with van der Waals surface area (Å²) < 4.78 is 16.2. The second-order valence-corrected chi connectivity index (χ2v) is 13.3. The van der Waals surface area contributed by atoms with Gasteiger partial charge in [-0.25, -0.2) is 4.98 Å². The molecule has 12 heteroatoms. The second kappa shape index (κ2) is 14.2. The molecule has 1 aromatic heterocycles. The van der Waals surface area contributed by atoms with Crippen LogP contribution < -0.4 is 14.2 Å². The van der Waals surface area contributed by atoms with Crippen molar-refractivity contribution >= 4 is 51.9 Å². The largest absolute Gasteiger partial charge is 0.493 e. The molecule has 252 valence electrons. The lowest BCUT2D eigenvalue weighted by molar-refractivity contribution is -0.132. The molecule has 6 rings (SSSR count). The molecule has 1 amide bonds. The molecule has 3 heterocycles. The fraction of sp³-hybridized carbons (Fsp3) is 0.389. The highest BCUT2D eigenvalue weighted by atomic mass is 35.5. The van der Waals surface area contributed by atoms with Gasteiger partial charge in [-0.15, -0.1) is 0 Å². The molecule has 10 nitrogen and oxygen atoms in total. The molecular formula is C36H38Cl2N4O6. The molecule has 0 bridgehead atoms. The van der Waals surface area contributed by atoms with Gasteiger partial charge in [0.1, 0.15) is 0 Å². The number of likely N-dealkylation sites (tertiary alicyclic amines) is 2. The van der Waals surface area contributed by atoms with Crippen LogP contribution in [-0.4, -0.2) is 84.4 Å². The van der Waals surface area contributed by atoms with E-state index in [-0.39, 0.29) is 40.3 Å². The van der Waals surface area contributed by atoms with Gasteiger partial charge in [0, 0.05) is 36.9 Å². The molecule has 4 aromatic rings. The fourth-order valence-electron chi connectivity index (χ4n) is 6.94. The van der Waals surface area contributed by atoms with Gasteiger partial charge in [-0.1, -0.05) is 41.4 Å². The summed E-state index contributed by atoms with van der Waals surface area (Å²) in [6.45, 7) is 4.68. The Morgan fingerprint density at radius 1 is 0.958 bits per heavy atom. The van der Waals surface area contributed by atoms with Gasteiger partial charge in [-0.2, -0.15) is 0 Å². The third-order valence-electron chi connectivity index (χ3n) is 9.61. The van der Waals surface area contributed by atoms with Crippen LogP contribution in [-0.2, 0) is 10.2 Å². The number of nitrogens with one attached hydrogen (secondary N) is 1. The molecule has 2 saturated heterocycles. The number of benzene rings is 3. The quantitative estimate of drug-likeness (QED) is 0.113. The van der Waals surface area contributed by atoms with Gasteiger partial charge in [0.2, 0.25) is 11.5 Å². The number of piperidine rings is 1. The molecule has 1 N–H and O–H groups in total. The Kier molecular flexibility index (Phi) is 9.96. The number of fused-ring (bicyclic) bond motifs is 1. The molecule has 0 saturated carbocycles. The minimum Gasteiger partial charge on any atom is -0.493 e. The first kappa shape index (κ1) is 33.8. The number of rotatable bonds is 10. The lowest BCUT2D eigenvalue weighted by Gasteiger charge is -2.36. The summed E-state index contributed by atoms with van der Waals surface area (Å²) in [4.78, 5) is 50.9. The van der Waals surface area contributed by atoms with Crippen LogP contribution in [0.2, 0.25) is 10.0 Å². The number of ketones is 1. The number of carbonyl (C=O) groups excluding carboxylic acids is 3. The minimum atomic E-state index is -0.529. The maximum absolute atomic E-state index is 13.9. The van der Waals surface area contributed by atoms with Crippen molar-refractivity contribution in [3.05, 3.63) is 81.6 Å². The van der Waals surface area contributed by atoms with Crippen molar-refractivity contribution in [2.45, 2.75) is 38.0 Å². The number of amides is 1. The molecule has 1 atom stereocenters. The average molecular weight is 694 g/mol. The Bertz CT molecular complexity index is 1800. The molecule has 0 radical (unpaired) electrons. The zero-order chi connectivity index (χ0) is 34.0. The van der Waals surface area contributed by atoms with Crippen molar-refractivity contribution in [3.63, 3.8) is 0 Å². The third-order valence-corrected chi connectivity index (χ3v) is 10.4. The highest BCUT2D eigenvalue weighted by Gasteiger charge is 2.42. The second-order valence-electron chi connectivity index (χ2n) is 12.5. The van der Waals surface area contributed by atoms with Crippen LogP contribution in [0.15, 0.2) is 54.6 Å². The predicted molar refractivity (Wildman–Crippen MR) is 184 cm³/mol. The van der Waals surface area contributed by atoms with Gasteiger partial charge >= 0.3 is 5.97 Å². The van der Waals surface area contributed by atoms with Gasteiger partial charge in [-0.3, -0.25) is 14.4 Å². The summed E-state index contributed by atoms with van der Waals surface area (Å²) >= 11 is 12.8. The van der Waals surface area contributed by atoms with E-state index in [0.717, 1.165) is 61.9 Å². The van der Waals surface area contributed by atoms with E-state index >= 15 is 0 Å². The maximum atomic E-state index is 13.9. The van der Waals surface area contributed by atoms with E-state index in [9.17, 15) is 14.4 Å². The van der Waals surface area contributed by atoms with Gasteiger partial charge in [0.15, 0.2) is 17.3 Å². The summed E-state index contributed by atoms with van der Waals surface area (Å²) in [6, 6.07) is 16.5.